The second-order valence-electron chi connectivity index (χ2n) is 0.325. The van der Waals surface area contributed by atoms with Gasteiger partial charge in [-0.2, -0.15) is 4.39 Å². The molecule has 0 aromatic carbocycles. The van der Waals surface area contributed by atoms with Gasteiger partial charge in [-0.3, -0.25) is 0 Å². The quantitative estimate of drug-likeness (QED) is 0.408. The van der Waals surface area contributed by atoms with Gasteiger partial charge in [0.2, 0.25) is 0 Å². The minimum atomic E-state index is -1.56. The summed E-state index contributed by atoms with van der Waals surface area (Å²) in [5.74, 6) is 0. The van der Waals surface area contributed by atoms with Crippen LogP contribution >= 0.6 is 11.6 Å². The monoisotopic (exact) mass is 99.0 g/mol. The van der Waals surface area contributed by atoms with Crippen LogP contribution in [0.2, 0.25) is 0 Å². The third-order valence-corrected chi connectivity index (χ3v) is 0.128. The smallest absolute Gasteiger partial charge is 0.168 e. The highest BCUT2D eigenvalue weighted by Crippen LogP contribution is 1.84. The topological polar surface area (TPSA) is 12.4 Å². The van der Waals surface area contributed by atoms with Crippen molar-refractivity contribution in [3.8, 4) is 0 Å². The largest absolute Gasteiger partial charge is 0.310 e. The van der Waals surface area contributed by atoms with Crippen molar-refractivity contribution in [1.82, 2.24) is 0 Å². The van der Waals surface area contributed by atoms with Crippen molar-refractivity contribution in [3.63, 3.8) is 0 Å². The number of rotatable bonds is 0. The minimum Gasteiger partial charge on any atom is -0.168 e. The molecule has 0 amide bonds. The first-order valence-electron chi connectivity index (χ1n) is 0.771. The molecule has 0 unspecified atom stereocenters. The normalized spacial score (nSPS) is 12.2. The predicted octanol–water partition coefficient (Wildman–Crippen LogP) is 1.44. The maximum Gasteiger partial charge on any atom is 0.310 e. The van der Waals surface area contributed by atoms with Crippen LogP contribution < -0.4 is 0 Å². The van der Waals surface area contributed by atoms with Crippen LogP contribution in [0.5, 0.6) is 0 Å². The zero-order chi connectivity index (χ0) is 4.28. The Hall–Kier alpha value is -0.180. The zero-order valence-corrected chi connectivity index (χ0v) is 2.84. The van der Waals surface area contributed by atoms with Gasteiger partial charge in [0, 0.05) is 0 Å². The van der Waals surface area contributed by atoms with Crippen molar-refractivity contribution in [1.29, 1.82) is 0 Å². The van der Waals surface area contributed by atoms with Crippen LogP contribution in [0.1, 0.15) is 0 Å². The third kappa shape index (κ3) is 3.82. The Morgan fingerprint density at radius 1 is 1.80 bits per heavy atom. The molecule has 1 nitrogen and oxygen atoms in total. The number of halogens is 3. The van der Waals surface area contributed by atoms with E-state index < -0.39 is 5.42 Å². The summed E-state index contributed by atoms with van der Waals surface area (Å²) in [6.45, 7) is 0. The molecule has 0 bridgehead atoms. The lowest BCUT2D eigenvalue weighted by atomic mass is 11.6. The third-order valence-electron chi connectivity index (χ3n) is 0.0639. The van der Waals surface area contributed by atoms with Crippen LogP contribution in [-0.4, -0.2) is 5.42 Å². The summed E-state index contributed by atoms with van der Waals surface area (Å²) in [6, 6.07) is 0. The van der Waals surface area contributed by atoms with E-state index in [1.54, 1.807) is 0 Å². The molecule has 0 rings (SSSR count). The average molecular weight is 99.5 g/mol. The molecule has 0 aromatic heterocycles. The molecule has 0 saturated carbocycles. The molecule has 4 heteroatoms. The van der Waals surface area contributed by atoms with E-state index in [4.69, 9.17) is 0 Å². The van der Waals surface area contributed by atoms with Crippen LogP contribution in [-0.2, 0) is 0 Å². The molecular weight excluding hydrogens is 99.5 g/mol. The molecule has 30 valence electrons. The van der Waals surface area contributed by atoms with Crippen molar-refractivity contribution >= 4 is 17.0 Å². The first kappa shape index (κ1) is 4.82. The molecule has 5 heavy (non-hydrogen) atoms. The Labute approximate surface area is 32.2 Å². The average Bonchev–Trinajstić information content (AvgIpc) is 1.38. The minimum absolute atomic E-state index is 1.40. The van der Waals surface area contributed by atoms with E-state index in [-0.39, 0.29) is 0 Å². The molecule has 0 radical (unpaired) electrons. The van der Waals surface area contributed by atoms with Crippen LogP contribution in [0.4, 0.5) is 8.87 Å². The number of hydrogen-bond acceptors (Lipinski definition) is 1. The highest BCUT2D eigenvalue weighted by atomic mass is 35.5. The maximum absolute atomic E-state index is 10.6. The van der Waals surface area contributed by atoms with Gasteiger partial charge in [0.1, 0.15) is 0 Å². The Bertz CT molecular complexity index is 47.6. The van der Waals surface area contributed by atoms with Gasteiger partial charge < -0.3 is 0 Å². The van der Waals surface area contributed by atoms with Crippen molar-refractivity contribution in [2.75, 3.05) is 0 Å². The van der Waals surface area contributed by atoms with Crippen LogP contribution in [0.15, 0.2) is 5.21 Å². The van der Waals surface area contributed by atoms with E-state index in [9.17, 15) is 8.87 Å². The van der Waals surface area contributed by atoms with Gasteiger partial charge in [-0.05, 0) is 16.8 Å². The molecule has 0 N–H and O–H groups in total. The Balaban J connectivity index is 3.14. The lowest BCUT2D eigenvalue weighted by molar-refractivity contribution is 0.524. The van der Waals surface area contributed by atoms with E-state index in [1.807, 2.05) is 0 Å². The fourth-order valence-corrected chi connectivity index (χ4v) is 0. The summed E-state index contributed by atoms with van der Waals surface area (Å²) in [7, 11) is 0. The SMILES string of the molecule is F/N=C(\F)Cl. The van der Waals surface area contributed by atoms with Crippen molar-refractivity contribution in [3.05, 3.63) is 0 Å². The molecule has 0 aliphatic carbocycles. The summed E-state index contributed by atoms with van der Waals surface area (Å²) < 4.78 is 20.8. The predicted molar refractivity (Wildman–Crippen MR) is 15.5 cm³/mol. The van der Waals surface area contributed by atoms with E-state index in [0.29, 0.717) is 0 Å². The molecule has 0 atom stereocenters. The lowest BCUT2D eigenvalue weighted by Crippen LogP contribution is -1.60. The summed E-state index contributed by atoms with van der Waals surface area (Å²) >= 11 is 4.17. The highest BCUT2D eigenvalue weighted by Gasteiger charge is 1.77. The Morgan fingerprint density at radius 2 is 2.00 bits per heavy atom. The summed E-state index contributed by atoms with van der Waals surface area (Å²) in [5, 5.41) is 1.40. The van der Waals surface area contributed by atoms with Gasteiger partial charge in [-0.1, -0.05) is 4.48 Å². The number of nitrogens with zero attached hydrogens (tertiary/aromatic N) is 1. The first-order valence-corrected chi connectivity index (χ1v) is 1.15. The second-order valence-corrected chi connectivity index (χ2v) is 0.637. The molecule has 0 aromatic rings. The molecular formula is CClF2N. The van der Waals surface area contributed by atoms with Gasteiger partial charge in [0.25, 0.3) is 0 Å². The van der Waals surface area contributed by atoms with Gasteiger partial charge in [0.15, 0.2) is 0 Å². The summed E-state index contributed by atoms with van der Waals surface area (Å²) in [5.41, 5.74) is -1.56. The van der Waals surface area contributed by atoms with Gasteiger partial charge in [0.05, 0.1) is 0 Å². The number of hydrogen-bond donors (Lipinski definition) is 0. The maximum atomic E-state index is 10.6. The van der Waals surface area contributed by atoms with E-state index in [1.165, 1.54) is 5.21 Å². The van der Waals surface area contributed by atoms with Crippen LogP contribution in [0.25, 0.3) is 0 Å². The van der Waals surface area contributed by atoms with Crippen LogP contribution in [0, 0.1) is 0 Å². The molecule has 0 spiro atoms. The van der Waals surface area contributed by atoms with Gasteiger partial charge >= 0.3 is 5.42 Å². The Morgan fingerprint density at radius 3 is 2.00 bits per heavy atom. The van der Waals surface area contributed by atoms with Crippen molar-refractivity contribution in [2.45, 2.75) is 0 Å². The molecule has 0 aliphatic heterocycles. The van der Waals surface area contributed by atoms with Crippen molar-refractivity contribution < 1.29 is 8.87 Å². The first-order chi connectivity index (χ1) is 2.27. The van der Waals surface area contributed by atoms with E-state index >= 15 is 0 Å². The fraction of sp³-hybridized carbons (Fsp3) is 0. The van der Waals surface area contributed by atoms with E-state index in [2.05, 4.69) is 11.6 Å². The molecule has 0 aliphatic rings. The highest BCUT2D eigenvalue weighted by molar-refractivity contribution is 6.62. The lowest BCUT2D eigenvalue weighted by Gasteiger charge is -1.59. The van der Waals surface area contributed by atoms with E-state index in [0.717, 1.165) is 0 Å². The molecule has 0 saturated heterocycles. The van der Waals surface area contributed by atoms with Gasteiger partial charge in [-0.15, -0.1) is 0 Å². The Kier molecular flexibility index (Phi) is 2.01. The zero-order valence-electron chi connectivity index (χ0n) is 2.08. The summed E-state index contributed by atoms with van der Waals surface area (Å²) in [6.07, 6.45) is 0. The molecule has 0 fully saturated rings. The fourth-order valence-electron chi connectivity index (χ4n) is 0. The van der Waals surface area contributed by atoms with Gasteiger partial charge in [-0.25, -0.2) is 0 Å². The second kappa shape index (κ2) is 2.08. The van der Waals surface area contributed by atoms with Crippen LogP contribution in [0.3, 0.4) is 0 Å². The van der Waals surface area contributed by atoms with Crippen molar-refractivity contribution in [2.24, 2.45) is 5.21 Å². The summed E-state index contributed by atoms with van der Waals surface area (Å²) in [4.78, 5) is 0. The molecule has 0 heterocycles. The standard InChI is InChI=1S/CClF2N/c2-1(3)5-4/b5-1-.